The van der Waals surface area contributed by atoms with Crippen molar-refractivity contribution >= 4 is 11.9 Å². The normalized spacial score (nSPS) is 44.8. The Balaban J connectivity index is 1.49. The zero-order valence-corrected chi connectivity index (χ0v) is 19.0. The molecule has 3 heterocycles. The van der Waals surface area contributed by atoms with E-state index in [4.69, 9.17) is 4.74 Å². The van der Waals surface area contributed by atoms with E-state index in [0.717, 1.165) is 44.2 Å². The Morgan fingerprint density at radius 3 is 2.74 bits per heavy atom. The van der Waals surface area contributed by atoms with E-state index >= 15 is 0 Å². The van der Waals surface area contributed by atoms with Crippen LogP contribution in [0.4, 0.5) is 0 Å². The van der Waals surface area contributed by atoms with Crippen molar-refractivity contribution in [3.05, 3.63) is 12.2 Å². The van der Waals surface area contributed by atoms with E-state index in [1.807, 2.05) is 0 Å². The molecule has 0 radical (unpaired) electrons. The van der Waals surface area contributed by atoms with Gasteiger partial charge in [-0.25, -0.2) is 0 Å². The van der Waals surface area contributed by atoms with Crippen LogP contribution in [0.5, 0.6) is 0 Å². The van der Waals surface area contributed by atoms with E-state index in [0.29, 0.717) is 35.7 Å². The van der Waals surface area contributed by atoms with Crippen molar-refractivity contribution in [2.24, 2.45) is 29.6 Å². The summed E-state index contributed by atoms with van der Waals surface area (Å²) in [5.41, 5.74) is 1.11. The standard InChI is InChI=1S/C25H38N2O4/c1-13(2)12-18-20(31-14(3)25(29)30)9-8-19-21(18)17-10-11-26-22-15-6-4-5-7-16(15)24(28)27(19)23(17)22/h14-23,26H,1,4-12H2,2-3H3,(H,29,30). The van der Waals surface area contributed by atoms with Crippen LogP contribution in [-0.2, 0) is 14.3 Å². The molecule has 6 heteroatoms. The molecule has 0 aromatic carbocycles. The summed E-state index contributed by atoms with van der Waals surface area (Å²) < 4.78 is 6.07. The number of amides is 1. The fraction of sp³-hybridized carbons (Fsp3) is 0.840. The lowest BCUT2D eigenvalue weighted by atomic mass is 9.63. The van der Waals surface area contributed by atoms with Gasteiger partial charge < -0.3 is 24.9 Å². The van der Waals surface area contributed by atoms with E-state index in [-0.39, 0.29) is 24.0 Å². The molecule has 5 rings (SSSR count). The van der Waals surface area contributed by atoms with Crippen molar-refractivity contribution in [2.75, 3.05) is 6.54 Å². The maximum absolute atomic E-state index is 13.8. The largest absolute Gasteiger partial charge is 0.547 e. The molecule has 6 nitrogen and oxygen atoms in total. The van der Waals surface area contributed by atoms with Gasteiger partial charge in [0.25, 0.3) is 0 Å². The first-order valence-electron chi connectivity index (χ1n) is 12.5. The third kappa shape index (κ3) is 3.45. The number of carbonyl (C=O) groups is 2. The average molecular weight is 431 g/mol. The van der Waals surface area contributed by atoms with Gasteiger partial charge in [-0.2, -0.15) is 0 Å². The molecular formula is C25H38N2O4. The number of fused-ring (bicyclic) bond motifs is 5. The van der Waals surface area contributed by atoms with E-state index in [2.05, 4.69) is 23.7 Å². The second-order valence-electron chi connectivity index (χ2n) is 11.0. The maximum atomic E-state index is 13.8. The van der Waals surface area contributed by atoms with Gasteiger partial charge in [-0.1, -0.05) is 18.4 Å². The predicted octanol–water partition coefficient (Wildman–Crippen LogP) is 0.854. The molecular weight excluding hydrogens is 392 g/mol. The highest BCUT2D eigenvalue weighted by Crippen LogP contribution is 2.55. The summed E-state index contributed by atoms with van der Waals surface area (Å²) in [5.74, 6) is 1.14. The van der Waals surface area contributed by atoms with Crippen molar-refractivity contribution in [3.8, 4) is 0 Å². The molecule has 2 saturated carbocycles. The molecule has 0 aromatic rings. The fourth-order valence-electron chi connectivity index (χ4n) is 8.33. The molecule has 31 heavy (non-hydrogen) atoms. The summed E-state index contributed by atoms with van der Waals surface area (Å²) in [6.07, 6.45) is 7.41. The minimum atomic E-state index is -1.15. The van der Waals surface area contributed by atoms with Crippen LogP contribution in [0.3, 0.4) is 0 Å². The lowest BCUT2D eigenvalue weighted by Crippen LogP contribution is -2.98. The zero-order valence-electron chi connectivity index (χ0n) is 19.0. The van der Waals surface area contributed by atoms with Gasteiger partial charge in [-0.05, 0) is 63.7 Å². The first-order valence-corrected chi connectivity index (χ1v) is 12.5. The molecule has 10 atom stereocenters. The number of hydrogen-bond donors (Lipinski definition) is 1. The van der Waals surface area contributed by atoms with Crippen LogP contribution in [0.1, 0.15) is 65.2 Å². The molecule has 0 aromatic heterocycles. The van der Waals surface area contributed by atoms with Crippen LogP contribution in [0.15, 0.2) is 12.2 Å². The molecule has 3 saturated heterocycles. The first-order chi connectivity index (χ1) is 14.9. The Morgan fingerprint density at radius 1 is 1.23 bits per heavy atom. The van der Waals surface area contributed by atoms with Crippen LogP contribution < -0.4 is 10.4 Å². The number of carboxylic acids is 1. The number of aliphatic carboxylic acids is 1. The van der Waals surface area contributed by atoms with Gasteiger partial charge in [0.1, 0.15) is 6.04 Å². The molecule has 10 unspecified atom stereocenters. The molecule has 5 fully saturated rings. The Morgan fingerprint density at radius 2 is 2.00 bits per heavy atom. The number of hydrogen-bond acceptors (Lipinski definition) is 4. The molecule has 2 aliphatic carbocycles. The SMILES string of the molecule is C=C(C)CC1C(OC(C)C(=O)[O-])CCC2C1C1CC[NH2+]C3C4CCCCC4C(=O)N2C13. The second-order valence-corrected chi connectivity index (χ2v) is 11.0. The Labute approximate surface area is 185 Å². The van der Waals surface area contributed by atoms with Crippen LogP contribution >= 0.6 is 0 Å². The third-order valence-corrected chi connectivity index (χ3v) is 9.29. The van der Waals surface area contributed by atoms with Gasteiger partial charge in [0.05, 0.1) is 30.8 Å². The first kappa shape index (κ1) is 21.4. The number of carboxylic acid groups (broad SMARTS) is 1. The van der Waals surface area contributed by atoms with Gasteiger partial charge in [-0.3, -0.25) is 4.79 Å². The molecule has 0 spiro atoms. The third-order valence-electron chi connectivity index (χ3n) is 9.29. The molecule has 2 N–H and O–H groups in total. The lowest BCUT2D eigenvalue weighted by Gasteiger charge is -2.50. The van der Waals surface area contributed by atoms with Gasteiger partial charge in [0.15, 0.2) is 0 Å². The van der Waals surface area contributed by atoms with Crippen molar-refractivity contribution in [2.45, 2.75) is 95.5 Å². The van der Waals surface area contributed by atoms with E-state index in [1.165, 1.54) is 19.3 Å². The maximum Gasteiger partial charge on any atom is 0.226 e. The van der Waals surface area contributed by atoms with E-state index < -0.39 is 12.1 Å². The van der Waals surface area contributed by atoms with Gasteiger partial charge in [0, 0.05) is 24.3 Å². The number of allylic oxidation sites excluding steroid dienone is 1. The highest BCUT2D eigenvalue weighted by molar-refractivity contribution is 5.82. The molecule has 3 aliphatic heterocycles. The van der Waals surface area contributed by atoms with Crippen LogP contribution in [0.2, 0.25) is 0 Å². The van der Waals surface area contributed by atoms with Crippen molar-refractivity contribution < 1.29 is 24.7 Å². The topological polar surface area (TPSA) is 86.3 Å². The quantitative estimate of drug-likeness (QED) is 0.656. The van der Waals surface area contributed by atoms with Gasteiger partial charge in [-0.15, -0.1) is 6.58 Å². The number of nitrogens with two attached hydrogens (primary N) is 1. The minimum Gasteiger partial charge on any atom is -0.547 e. The minimum absolute atomic E-state index is 0.103. The number of piperidine rings is 2. The van der Waals surface area contributed by atoms with Crippen molar-refractivity contribution in [1.82, 2.24) is 4.90 Å². The summed E-state index contributed by atoms with van der Waals surface area (Å²) in [6.45, 7) is 8.96. The molecule has 0 bridgehead atoms. The van der Waals surface area contributed by atoms with Crippen LogP contribution in [0, 0.1) is 29.6 Å². The predicted molar refractivity (Wildman–Crippen MR) is 114 cm³/mol. The number of nitrogens with zero attached hydrogens (tertiary/aromatic N) is 1. The van der Waals surface area contributed by atoms with E-state index in [9.17, 15) is 14.7 Å². The summed E-state index contributed by atoms with van der Waals surface area (Å²) in [4.78, 5) is 27.5. The number of carbonyl (C=O) groups excluding carboxylic acids is 2. The summed E-state index contributed by atoms with van der Waals surface area (Å²) in [5, 5.41) is 13.9. The number of ether oxygens (including phenoxy) is 1. The number of rotatable bonds is 5. The molecule has 172 valence electrons. The lowest BCUT2D eigenvalue weighted by molar-refractivity contribution is -0.713. The van der Waals surface area contributed by atoms with Crippen LogP contribution in [-0.4, -0.2) is 53.7 Å². The monoisotopic (exact) mass is 430 g/mol. The average Bonchev–Trinajstić information content (AvgIpc) is 3.09. The highest BCUT2D eigenvalue weighted by atomic mass is 16.5. The Hall–Kier alpha value is -1.40. The Kier molecular flexibility index (Phi) is 5.66. The fourth-order valence-corrected chi connectivity index (χ4v) is 8.33. The van der Waals surface area contributed by atoms with Gasteiger partial charge >= 0.3 is 0 Å². The molecule has 5 aliphatic rings. The highest BCUT2D eigenvalue weighted by Gasteiger charge is 2.65. The second kappa shape index (κ2) is 8.18. The summed E-state index contributed by atoms with van der Waals surface area (Å²) in [7, 11) is 0. The van der Waals surface area contributed by atoms with Crippen molar-refractivity contribution in [3.63, 3.8) is 0 Å². The van der Waals surface area contributed by atoms with Gasteiger partial charge in [0.2, 0.25) is 5.91 Å². The van der Waals surface area contributed by atoms with E-state index in [1.54, 1.807) is 6.92 Å². The van der Waals surface area contributed by atoms with Crippen LogP contribution in [0.25, 0.3) is 0 Å². The smallest absolute Gasteiger partial charge is 0.226 e. The number of quaternary nitrogens is 1. The zero-order chi connectivity index (χ0) is 21.9. The molecule has 1 amide bonds. The summed E-state index contributed by atoms with van der Waals surface area (Å²) in [6, 6.07) is 1.17. The van der Waals surface area contributed by atoms with Crippen molar-refractivity contribution in [1.29, 1.82) is 0 Å². The summed E-state index contributed by atoms with van der Waals surface area (Å²) >= 11 is 0. The Bertz CT molecular complexity index is 754.